The number of fused-ring (bicyclic) bond motifs is 1. The summed E-state index contributed by atoms with van der Waals surface area (Å²) >= 11 is 0. The van der Waals surface area contributed by atoms with Gasteiger partial charge in [-0.05, 0) is 43.2 Å². The molecule has 0 radical (unpaired) electrons. The van der Waals surface area contributed by atoms with Gasteiger partial charge in [0.1, 0.15) is 5.75 Å². The zero-order valence-electron chi connectivity index (χ0n) is 14.7. The zero-order valence-corrected chi connectivity index (χ0v) is 14.7. The number of unbranched alkanes of at least 4 members (excludes halogenated alkanes) is 1. The predicted molar refractivity (Wildman–Crippen MR) is 99.9 cm³/mol. The molecular weight excluding hydrogens is 314 g/mol. The fourth-order valence-electron chi connectivity index (χ4n) is 2.71. The largest absolute Gasteiger partial charge is 0.483 e. The number of carbonyl (C=O) groups excluding carboxylic acids is 1. The van der Waals surface area contributed by atoms with Gasteiger partial charge in [0, 0.05) is 12.2 Å². The number of rotatable bonds is 7. The van der Waals surface area contributed by atoms with Crippen molar-refractivity contribution in [3.63, 3.8) is 0 Å². The van der Waals surface area contributed by atoms with Crippen LogP contribution in [0.25, 0.3) is 11.0 Å². The van der Waals surface area contributed by atoms with Crippen LogP contribution in [-0.2, 0) is 11.3 Å². The SMILES string of the molecule is CCCCn1cnc2cc(NC(=O)COc3ccccc3C)ccc21. The number of hydrogen-bond acceptors (Lipinski definition) is 3. The Bertz CT molecular complexity index is 870. The highest BCUT2D eigenvalue weighted by Gasteiger charge is 2.08. The molecule has 1 amide bonds. The summed E-state index contributed by atoms with van der Waals surface area (Å²) in [5.74, 6) is 0.538. The minimum Gasteiger partial charge on any atom is -0.483 e. The van der Waals surface area contributed by atoms with Crippen LogP contribution in [0.3, 0.4) is 0 Å². The molecule has 2 aromatic carbocycles. The molecule has 3 aromatic rings. The third-order valence-corrected chi connectivity index (χ3v) is 4.11. The fourth-order valence-corrected chi connectivity index (χ4v) is 2.71. The van der Waals surface area contributed by atoms with Crippen LogP contribution in [0.1, 0.15) is 25.3 Å². The van der Waals surface area contributed by atoms with E-state index in [0.29, 0.717) is 0 Å². The molecule has 0 spiro atoms. The van der Waals surface area contributed by atoms with Crippen LogP contribution in [0.5, 0.6) is 5.75 Å². The molecule has 5 nitrogen and oxygen atoms in total. The van der Waals surface area contributed by atoms with Crippen molar-refractivity contribution < 1.29 is 9.53 Å². The van der Waals surface area contributed by atoms with Gasteiger partial charge >= 0.3 is 0 Å². The van der Waals surface area contributed by atoms with Crippen LogP contribution in [0.2, 0.25) is 0 Å². The van der Waals surface area contributed by atoms with Crippen LogP contribution in [0.4, 0.5) is 5.69 Å². The summed E-state index contributed by atoms with van der Waals surface area (Å²) in [5.41, 5.74) is 3.71. The van der Waals surface area contributed by atoms with Crippen molar-refractivity contribution in [2.24, 2.45) is 0 Å². The Balaban J connectivity index is 1.62. The minimum absolute atomic E-state index is 0.0200. The van der Waals surface area contributed by atoms with E-state index in [-0.39, 0.29) is 12.5 Å². The normalized spacial score (nSPS) is 10.8. The third-order valence-electron chi connectivity index (χ3n) is 4.11. The first-order valence-corrected chi connectivity index (χ1v) is 8.60. The number of ether oxygens (including phenoxy) is 1. The molecular formula is C20H23N3O2. The Kier molecular flexibility index (Phi) is 5.33. The lowest BCUT2D eigenvalue weighted by molar-refractivity contribution is -0.118. The number of hydrogen-bond donors (Lipinski definition) is 1. The average Bonchev–Trinajstić information content (AvgIpc) is 3.01. The molecule has 0 unspecified atom stereocenters. The molecule has 0 bridgehead atoms. The van der Waals surface area contributed by atoms with Crippen LogP contribution >= 0.6 is 0 Å². The zero-order chi connectivity index (χ0) is 17.6. The second-order valence-corrected chi connectivity index (χ2v) is 6.10. The lowest BCUT2D eigenvalue weighted by Gasteiger charge is -2.09. The van der Waals surface area contributed by atoms with Gasteiger partial charge in [-0.2, -0.15) is 0 Å². The van der Waals surface area contributed by atoms with Crippen molar-refractivity contribution in [1.82, 2.24) is 9.55 Å². The van der Waals surface area contributed by atoms with E-state index in [0.717, 1.165) is 47.4 Å². The van der Waals surface area contributed by atoms with E-state index in [1.54, 1.807) is 0 Å². The van der Waals surface area contributed by atoms with Crippen molar-refractivity contribution in [2.75, 3.05) is 11.9 Å². The second kappa shape index (κ2) is 7.83. The summed E-state index contributed by atoms with van der Waals surface area (Å²) in [6.45, 7) is 5.07. The standard InChI is InChI=1S/C20H23N3O2/c1-3-4-11-23-14-21-17-12-16(9-10-18(17)23)22-20(24)13-25-19-8-6-5-7-15(19)2/h5-10,12,14H,3-4,11,13H2,1-2H3,(H,22,24). The van der Waals surface area contributed by atoms with Gasteiger partial charge in [-0.1, -0.05) is 31.5 Å². The first kappa shape index (κ1) is 17.0. The predicted octanol–water partition coefficient (Wildman–Crippen LogP) is 4.16. The summed E-state index contributed by atoms with van der Waals surface area (Å²) in [5, 5.41) is 2.86. The summed E-state index contributed by atoms with van der Waals surface area (Å²) in [7, 11) is 0. The number of imidazole rings is 1. The van der Waals surface area contributed by atoms with E-state index in [9.17, 15) is 4.79 Å². The van der Waals surface area contributed by atoms with Gasteiger partial charge in [-0.25, -0.2) is 4.98 Å². The number of nitrogens with one attached hydrogen (secondary N) is 1. The molecule has 0 saturated carbocycles. The van der Waals surface area contributed by atoms with Crippen LogP contribution in [-0.4, -0.2) is 22.1 Å². The summed E-state index contributed by atoms with van der Waals surface area (Å²) in [4.78, 5) is 16.5. The van der Waals surface area contributed by atoms with Gasteiger partial charge in [0.2, 0.25) is 0 Å². The molecule has 0 aliphatic rings. The van der Waals surface area contributed by atoms with E-state index < -0.39 is 0 Å². The van der Waals surface area contributed by atoms with E-state index in [1.807, 2.05) is 55.7 Å². The summed E-state index contributed by atoms with van der Waals surface area (Å²) < 4.78 is 7.72. The fraction of sp³-hybridized carbons (Fsp3) is 0.300. The van der Waals surface area contributed by atoms with Crippen LogP contribution in [0.15, 0.2) is 48.8 Å². The number of benzene rings is 2. The Labute approximate surface area is 147 Å². The lowest BCUT2D eigenvalue weighted by atomic mass is 10.2. The minimum atomic E-state index is -0.187. The van der Waals surface area contributed by atoms with Crippen molar-refractivity contribution in [2.45, 2.75) is 33.2 Å². The van der Waals surface area contributed by atoms with E-state index in [4.69, 9.17) is 4.74 Å². The molecule has 1 heterocycles. The van der Waals surface area contributed by atoms with E-state index >= 15 is 0 Å². The molecule has 3 rings (SSSR count). The molecule has 130 valence electrons. The molecule has 0 aliphatic heterocycles. The van der Waals surface area contributed by atoms with Crippen molar-refractivity contribution >= 4 is 22.6 Å². The highest BCUT2D eigenvalue weighted by atomic mass is 16.5. The van der Waals surface area contributed by atoms with Gasteiger partial charge in [-0.3, -0.25) is 4.79 Å². The Morgan fingerprint density at radius 1 is 1.24 bits per heavy atom. The molecule has 0 atom stereocenters. The molecule has 1 aromatic heterocycles. The third kappa shape index (κ3) is 4.18. The lowest BCUT2D eigenvalue weighted by Crippen LogP contribution is -2.20. The smallest absolute Gasteiger partial charge is 0.262 e. The number of aromatic nitrogens is 2. The van der Waals surface area contributed by atoms with Crippen molar-refractivity contribution in [3.05, 3.63) is 54.4 Å². The number of aryl methyl sites for hydroxylation is 2. The quantitative estimate of drug-likeness (QED) is 0.704. The van der Waals surface area contributed by atoms with E-state index in [1.165, 1.54) is 0 Å². The highest BCUT2D eigenvalue weighted by molar-refractivity contribution is 5.94. The van der Waals surface area contributed by atoms with Gasteiger partial charge in [0.15, 0.2) is 6.61 Å². The van der Waals surface area contributed by atoms with Gasteiger partial charge in [0.25, 0.3) is 5.91 Å². The molecule has 0 aliphatic carbocycles. The first-order chi connectivity index (χ1) is 12.2. The Hall–Kier alpha value is -2.82. The molecule has 1 N–H and O–H groups in total. The maximum atomic E-state index is 12.1. The van der Waals surface area contributed by atoms with Gasteiger partial charge in [0.05, 0.1) is 17.4 Å². The second-order valence-electron chi connectivity index (χ2n) is 6.10. The van der Waals surface area contributed by atoms with Gasteiger partial charge in [-0.15, -0.1) is 0 Å². The maximum Gasteiger partial charge on any atom is 0.262 e. The molecule has 0 fully saturated rings. The maximum absolute atomic E-state index is 12.1. The number of nitrogens with zero attached hydrogens (tertiary/aromatic N) is 2. The summed E-state index contributed by atoms with van der Waals surface area (Å²) in [6, 6.07) is 13.4. The molecule has 25 heavy (non-hydrogen) atoms. The van der Waals surface area contributed by atoms with Crippen molar-refractivity contribution in [1.29, 1.82) is 0 Å². The highest BCUT2D eigenvalue weighted by Crippen LogP contribution is 2.19. The first-order valence-electron chi connectivity index (χ1n) is 8.60. The van der Waals surface area contributed by atoms with Crippen molar-refractivity contribution in [3.8, 4) is 5.75 Å². The Morgan fingerprint density at radius 2 is 2.08 bits per heavy atom. The van der Waals surface area contributed by atoms with Crippen LogP contribution < -0.4 is 10.1 Å². The van der Waals surface area contributed by atoms with Crippen LogP contribution in [0, 0.1) is 6.92 Å². The molecule has 0 saturated heterocycles. The number of amides is 1. The number of carbonyl (C=O) groups is 1. The number of para-hydroxylation sites is 1. The summed E-state index contributed by atoms with van der Waals surface area (Å²) in [6.07, 6.45) is 4.13. The topological polar surface area (TPSA) is 56.2 Å². The monoisotopic (exact) mass is 337 g/mol. The molecule has 5 heteroatoms. The Morgan fingerprint density at radius 3 is 2.88 bits per heavy atom. The van der Waals surface area contributed by atoms with Gasteiger partial charge < -0.3 is 14.6 Å². The van der Waals surface area contributed by atoms with E-state index in [2.05, 4.69) is 21.8 Å². The number of anilines is 1. The average molecular weight is 337 g/mol.